The summed E-state index contributed by atoms with van der Waals surface area (Å²) in [6, 6.07) is 0. The Labute approximate surface area is 110 Å². The fourth-order valence-corrected chi connectivity index (χ4v) is 1.80. The summed E-state index contributed by atoms with van der Waals surface area (Å²) in [7, 11) is 1.78. The zero-order chi connectivity index (χ0) is 13.1. The first-order valence-corrected chi connectivity index (χ1v) is 6.12. The number of amides is 1. The summed E-state index contributed by atoms with van der Waals surface area (Å²) >= 11 is 5.85. The average Bonchev–Trinajstić information content (AvgIpc) is 2.32. The summed E-state index contributed by atoms with van der Waals surface area (Å²) in [6.07, 6.45) is 0. The maximum absolute atomic E-state index is 11.6. The van der Waals surface area contributed by atoms with Gasteiger partial charge in [0.15, 0.2) is 0 Å². The number of nitrogens with zero attached hydrogens (tertiary/aromatic N) is 5. The summed E-state index contributed by atoms with van der Waals surface area (Å²) in [4.78, 5) is 27.4. The normalized spacial score (nSPS) is 16.1. The van der Waals surface area contributed by atoms with Crippen LogP contribution in [0.3, 0.4) is 0 Å². The molecule has 1 fully saturated rings. The van der Waals surface area contributed by atoms with Crippen LogP contribution in [-0.4, -0.2) is 59.0 Å². The monoisotopic (exact) mass is 270 g/mol. The minimum absolute atomic E-state index is 0.0442. The van der Waals surface area contributed by atoms with Gasteiger partial charge < -0.3 is 15.1 Å². The summed E-state index contributed by atoms with van der Waals surface area (Å²) in [5.74, 6) is 0.911. The Bertz CT molecular complexity index is 454. The smallest absolute Gasteiger partial charge is 0.242 e. The number of hydrogen-bond acceptors (Lipinski definition) is 6. The number of halogens is 1. The number of piperazine rings is 1. The molecule has 1 aromatic heterocycles. The average molecular weight is 271 g/mol. The first-order chi connectivity index (χ1) is 8.60. The standard InChI is InChI=1S/C10H15ClN6O/c1-3-12-9-13-8(11)14-10(15-9)17-5-4-16(2)7(18)6-17/h3-6H2,1-2H3,(H,12,13,14,15). The molecule has 0 saturated carbocycles. The van der Waals surface area contributed by atoms with Crippen molar-refractivity contribution in [2.75, 3.05) is 43.4 Å². The molecule has 1 N–H and O–H groups in total. The Balaban J connectivity index is 2.19. The van der Waals surface area contributed by atoms with Gasteiger partial charge in [-0.15, -0.1) is 0 Å². The van der Waals surface area contributed by atoms with E-state index in [4.69, 9.17) is 11.6 Å². The minimum Gasteiger partial charge on any atom is -0.354 e. The number of rotatable bonds is 3. The summed E-state index contributed by atoms with van der Waals surface area (Å²) < 4.78 is 0. The predicted molar refractivity (Wildman–Crippen MR) is 68.9 cm³/mol. The molecule has 18 heavy (non-hydrogen) atoms. The maximum Gasteiger partial charge on any atom is 0.242 e. The summed E-state index contributed by atoms with van der Waals surface area (Å²) in [5.41, 5.74) is 0. The molecular formula is C10H15ClN6O. The number of aromatic nitrogens is 3. The van der Waals surface area contributed by atoms with Crippen molar-refractivity contribution in [3.05, 3.63) is 5.28 Å². The Hall–Kier alpha value is -1.63. The molecule has 2 rings (SSSR count). The van der Waals surface area contributed by atoms with Gasteiger partial charge in [-0.2, -0.15) is 15.0 Å². The van der Waals surface area contributed by atoms with Gasteiger partial charge in [-0.1, -0.05) is 0 Å². The van der Waals surface area contributed by atoms with E-state index in [1.54, 1.807) is 16.8 Å². The zero-order valence-electron chi connectivity index (χ0n) is 10.4. The molecule has 0 unspecified atom stereocenters. The molecule has 0 radical (unpaired) electrons. The summed E-state index contributed by atoms with van der Waals surface area (Å²) in [6.45, 7) is 4.24. The van der Waals surface area contributed by atoms with Gasteiger partial charge in [0.25, 0.3) is 0 Å². The fraction of sp³-hybridized carbons (Fsp3) is 0.600. The van der Waals surface area contributed by atoms with Crippen molar-refractivity contribution < 1.29 is 4.79 Å². The van der Waals surface area contributed by atoms with E-state index in [1.165, 1.54) is 0 Å². The number of carbonyl (C=O) groups excluding carboxylic acids is 1. The van der Waals surface area contributed by atoms with E-state index in [2.05, 4.69) is 20.3 Å². The molecule has 1 aliphatic heterocycles. The van der Waals surface area contributed by atoms with E-state index in [0.717, 1.165) is 0 Å². The van der Waals surface area contributed by atoms with E-state index in [1.807, 2.05) is 6.92 Å². The molecule has 7 nitrogen and oxygen atoms in total. The number of hydrogen-bond donors (Lipinski definition) is 1. The topological polar surface area (TPSA) is 74.2 Å². The lowest BCUT2D eigenvalue weighted by Crippen LogP contribution is -2.49. The minimum atomic E-state index is 0.0442. The van der Waals surface area contributed by atoms with Gasteiger partial charge in [0.05, 0.1) is 6.54 Å². The van der Waals surface area contributed by atoms with E-state index in [0.29, 0.717) is 31.5 Å². The molecular weight excluding hydrogens is 256 g/mol. The van der Waals surface area contributed by atoms with Crippen molar-refractivity contribution in [2.24, 2.45) is 0 Å². The molecule has 0 aromatic carbocycles. The van der Waals surface area contributed by atoms with Crippen LogP contribution in [0.4, 0.5) is 11.9 Å². The molecule has 1 saturated heterocycles. The molecule has 0 bridgehead atoms. The quantitative estimate of drug-likeness (QED) is 0.848. The van der Waals surface area contributed by atoms with Gasteiger partial charge in [0.2, 0.25) is 23.1 Å². The van der Waals surface area contributed by atoms with Gasteiger partial charge in [0, 0.05) is 26.7 Å². The first kappa shape index (κ1) is 12.8. The third-order valence-electron chi connectivity index (χ3n) is 2.67. The lowest BCUT2D eigenvalue weighted by molar-refractivity contribution is -0.129. The molecule has 0 spiro atoms. The van der Waals surface area contributed by atoms with Crippen molar-refractivity contribution in [1.82, 2.24) is 19.9 Å². The maximum atomic E-state index is 11.6. The Kier molecular flexibility index (Phi) is 3.81. The number of nitrogens with one attached hydrogen (secondary N) is 1. The van der Waals surface area contributed by atoms with Gasteiger partial charge in [-0.3, -0.25) is 4.79 Å². The van der Waals surface area contributed by atoms with Crippen LogP contribution in [0.25, 0.3) is 0 Å². The lowest BCUT2D eigenvalue weighted by atomic mass is 10.3. The molecule has 0 aliphatic carbocycles. The second-order valence-corrected chi connectivity index (χ2v) is 4.33. The molecule has 8 heteroatoms. The largest absolute Gasteiger partial charge is 0.354 e. The highest BCUT2D eigenvalue weighted by Gasteiger charge is 2.23. The SMILES string of the molecule is CCNc1nc(Cl)nc(N2CCN(C)C(=O)C2)n1. The van der Waals surface area contributed by atoms with Crippen molar-refractivity contribution in [3.63, 3.8) is 0 Å². The Morgan fingerprint density at radius 2 is 2.11 bits per heavy atom. The number of likely N-dealkylation sites (N-methyl/N-ethyl adjacent to an activating group) is 1. The van der Waals surface area contributed by atoms with Crippen LogP contribution in [-0.2, 0) is 4.79 Å². The molecule has 98 valence electrons. The highest BCUT2D eigenvalue weighted by Crippen LogP contribution is 2.15. The molecule has 0 atom stereocenters. The molecule has 1 amide bonds. The third kappa shape index (κ3) is 2.79. The predicted octanol–water partition coefficient (Wildman–Crippen LogP) is 0.235. The number of carbonyl (C=O) groups is 1. The highest BCUT2D eigenvalue weighted by atomic mass is 35.5. The van der Waals surface area contributed by atoms with E-state index < -0.39 is 0 Å². The molecule has 2 heterocycles. The Morgan fingerprint density at radius 1 is 1.33 bits per heavy atom. The second kappa shape index (κ2) is 5.34. The van der Waals surface area contributed by atoms with E-state index in [-0.39, 0.29) is 17.7 Å². The summed E-state index contributed by atoms with van der Waals surface area (Å²) in [5, 5.41) is 3.11. The van der Waals surface area contributed by atoms with Crippen molar-refractivity contribution in [3.8, 4) is 0 Å². The molecule has 1 aromatic rings. The van der Waals surface area contributed by atoms with E-state index in [9.17, 15) is 4.79 Å². The van der Waals surface area contributed by atoms with Crippen LogP contribution in [0.5, 0.6) is 0 Å². The lowest BCUT2D eigenvalue weighted by Gasteiger charge is -2.31. The van der Waals surface area contributed by atoms with Crippen LogP contribution in [0.1, 0.15) is 6.92 Å². The fourth-order valence-electron chi connectivity index (χ4n) is 1.65. The zero-order valence-corrected chi connectivity index (χ0v) is 11.1. The van der Waals surface area contributed by atoms with E-state index >= 15 is 0 Å². The van der Waals surface area contributed by atoms with Crippen LogP contribution in [0, 0.1) is 0 Å². The Morgan fingerprint density at radius 3 is 2.78 bits per heavy atom. The van der Waals surface area contributed by atoms with Crippen molar-refractivity contribution in [2.45, 2.75) is 6.92 Å². The second-order valence-electron chi connectivity index (χ2n) is 4.00. The molecule has 1 aliphatic rings. The van der Waals surface area contributed by atoms with Crippen LogP contribution in [0.15, 0.2) is 0 Å². The first-order valence-electron chi connectivity index (χ1n) is 5.74. The van der Waals surface area contributed by atoms with Crippen molar-refractivity contribution >= 4 is 29.4 Å². The third-order valence-corrected chi connectivity index (χ3v) is 2.84. The highest BCUT2D eigenvalue weighted by molar-refractivity contribution is 6.28. The van der Waals surface area contributed by atoms with Gasteiger partial charge in [-0.05, 0) is 18.5 Å². The van der Waals surface area contributed by atoms with Gasteiger partial charge in [-0.25, -0.2) is 0 Å². The van der Waals surface area contributed by atoms with Crippen molar-refractivity contribution in [1.29, 1.82) is 0 Å². The van der Waals surface area contributed by atoms with Crippen LogP contribution >= 0.6 is 11.6 Å². The van der Waals surface area contributed by atoms with Gasteiger partial charge >= 0.3 is 0 Å². The number of anilines is 2. The van der Waals surface area contributed by atoms with Crippen LogP contribution < -0.4 is 10.2 Å². The van der Waals surface area contributed by atoms with Gasteiger partial charge in [0.1, 0.15) is 0 Å². The van der Waals surface area contributed by atoms with Crippen LogP contribution in [0.2, 0.25) is 5.28 Å².